The molecule has 1 heterocycles. The van der Waals surface area contributed by atoms with Crippen molar-refractivity contribution in [1.82, 2.24) is 14.9 Å². The minimum atomic E-state index is 0.234. The van der Waals surface area contributed by atoms with Gasteiger partial charge in [0.15, 0.2) is 0 Å². The summed E-state index contributed by atoms with van der Waals surface area (Å²) in [4.78, 5) is 13.3. The van der Waals surface area contributed by atoms with Gasteiger partial charge in [-0.2, -0.15) is 0 Å². The first kappa shape index (κ1) is 9.48. The second-order valence-electron chi connectivity index (χ2n) is 3.21. The maximum atomic E-state index is 11.4. The van der Waals surface area contributed by atoms with E-state index in [-0.39, 0.29) is 5.91 Å². The Hall–Kier alpha value is -0.610. The number of hydrogen-bond donors (Lipinski definition) is 0. The van der Waals surface area contributed by atoms with Crippen LogP contribution in [0.5, 0.6) is 0 Å². The Morgan fingerprint density at radius 2 is 2.08 bits per heavy atom. The van der Waals surface area contributed by atoms with Crippen molar-refractivity contribution in [3.05, 3.63) is 0 Å². The molecular weight excluding hydrogens is 154 g/mol. The molecule has 0 bridgehead atoms. The summed E-state index contributed by atoms with van der Waals surface area (Å²) in [5, 5.41) is 4.03. The molecule has 4 heteroatoms. The summed E-state index contributed by atoms with van der Waals surface area (Å²) in [6.45, 7) is 5.18. The van der Waals surface area contributed by atoms with Crippen molar-refractivity contribution in [3.8, 4) is 0 Å². The van der Waals surface area contributed by atoms with Crippen LogP contribution in [0.3, 0.4) is 0 Å². The fourth-order valence-corrected chi connectivity index (χ4v) is 1.37. The number of hydrogen-bond acceptors (Lipinski definition) is 3. The molecule has 0 aromatic carbocycles. The maximum absolute atomic E-state index is 11.4. The predicted octanol–water partition coefficient (Wildman–Crippen LogP) is -0.373. The van der Waals surface area contributed by atoms with Crippen molar-refractivity contribution < 1.29 is 4.79 Å². The van der Waals surface area contributed by atoms with Gasteiger partial charge in [0.05, 0.1) is 6.54 Å². The predicted molar refractivity (Wildman–Crippen MR) is 47.5 cm³/mol. The van der Waals surface area contributed by atoms with Gasteiger partial charge in [-0.1, -0.05) is 0 Å². The summed E-state index contributed by atoms with van der Waals surface area (Å²) in [5.41, 5.74) is 0. The largest absolute Gasteiger partial charge is 0.340 e. The fraction of sp³-hybridized carbons (Fsp3) is 0.875. The lowest BCUT2D eigenvalue weighted by Crippen LogP contribution is -2.54. The average molecular weight is 171 g/mol. The standard InChI is InChI=1S/C8H17N3O/c1-4-10-5-6-11(9(2)3)7-8(10)12/h4-7H2,1-3H3. The summed E-state index contributed by atoms with van der Waals surface area (Å²) >= 11 is 0. The van der Waals surface area contributed by atoms with Gasteiger partial charge in [0, 0.05) is 33.7 Å². The van der Waals surface area contributed by atoms with Crippen LogP contribution in [0.4, 0.5) is 0 Å². The Bertz CT molecular complexity index is 170. The minimum absolute atomic E-state index is 0.234. The zero-order valence-electron chi connectivity index (χ0n) is 8.08. The minimum Gasteiger partial charge on any atom is -0.340 e. The van der Waals surface area contributed by atoms with E-state index in [0.717, 1.165) is 19.6 Å². The summed E-state index contributed by atoms with van der Waals surface area (Å²) in [6, 6.07) is 0. The van der Waals surface area contributed by atoms with Crippen LogP contribution < -0.4 is 0 Å². The third-order valence-electron chi connectivity index (χ3n) is 2.25. The third kappa shape index (κ3) is 1.95. The molecule has 0 radical (unpaired) electrons. The lowest BCUT2D eigenvalue weighted by Gasteiger charge is -2.36. The second-order valence-corrected chi connectivity index (χ2v) is 3.21. The van der Waals surface area contributed by atoms with E-state index in [0.29, 0.717) is 6.54 Å². The number of nitrogens with zero attached hydrogens (tertiary/aromatic N) is 3. The van der Waals surface area contributed by atoms with Gasteiger partial charge in [-0.05, 0) is 6.92 Å². The van der Waals surface area contributed by atoms with Crippen molar-refractivity contribution in [1.29, 1.82) is 0 Å². The Labute approximate surface area is 73.7 Å². The number of piperazine rings is 1. The van der Waals surface area contributed by atoms with Gasteiger partial charge >= 0.3 is 0 Å². The van der Waals surface area contributed by atoms with Crippen LogP contribution in [-0.4, -0.2) is 61.1 Å². The zero-order valence-corrected chi connectivity index (χ0v) is 8.08. The number of rotatable bonds is 2. The topological polar surface area (TPSA) is 26.8 Å². The molecule has 1 amide bonds. The van der Waals surface area contributed by atoms with E-state index in [2.05, 4.69) is 5.01 Å². The molecule has 0 spiro atoms. The first-order valence-corrected chi connectivity index (χ1v) is 4.35. The van der Waals surface area contributed by atoms with Crippen molar-refractivity contribution in [2.45, 2.75) is 6.92 Å². The molecule has 70 valence electrons. The molecule has 1 aliphatic rings. The molecule has 1 aliphatic heterocycles. The van der Waals surface area contributed by atoms with Gasteiger partial charge in [0.25, 0.3) is 0 Å². The van der Waals surface area contributed by atoms with E-state index in [9.17, 15) is 4.79 Å². The zero-order chi connectivity index (χ0) is 9.14. The molecule has 0 N–H and O–H groups in total. The van der Waals surface area contributed by atoms with E-state index in [1.165, 1.54) is 0 Å². The molecule has 1 rings (SSSR count). The summed E-state index contributed by atoms with van der Waals surface area (Å²) in [5.74, 6) is 0.234. The quantitative estimate of drug-likeness (QED) is 0.567. The van der Waals surface area contributed by atoms with E-state index in [4.69, 9.17) is 0 Å². The van der Waals surface area contributed by atoms with Crippen LogP contribution in [-0.2, 0) is 4.79 Å². The molecule has 0 aromatic heterocycles. The molecule has 4 nitrogen and oxygen atoms in total. The number of carbonyl (C=O) groups is 1. The third-order valence-corrected chi connectivity index (χ3v) is 2.25. The molecule has 1 saturated heterocycles. The number of amides is 1. The monoisotopic (exact) mass is 171 g/mol. The highest BCUT2D eigenvalue weighted by atomic mass is 16.2. The van der Waals surface area contributed by atoms with Crippen LogP contribution in [0, 0.1) is 0 Å². The Morgan fingerprint density at radius 1 is 1.42 bits per heavy atom. The molecule has 0 aromatic rings. The van der Waals surface area contributed by atoms with E-state index in [1.54, 1.807) is 0 Å². The molecule has 0 aliphatic carbocycles. The van der Waals surface area contributed by atoms with Crippen molar-refractivity contribution in [2.24, 2.45) is 0 Å². The average Bonchev–Trinajstić information content (AvgIpc) is 2.04. The van der Waals surface area contributed by atoms with E-state index < -0.39 is 0 Å². The molecule has 1 fully saturated rings. The molecule has 0 atom stereocenters. The molecule has 12 heavy (non-hydrogen) atoms. The number of carbonyl (C=O) groups excluding carboxylic acids is 1. The Morgan fingerprint density at radius 3 is 2.50 bits per heavy atom. The second kappa shape index (κ2) is 3.87. The lowest BCUT2D eigenvalue weighted by atomic mass is 10.3. The van der Waals surface area contributed by atoms with Gasteiger partial charge in [0.2, 0.25) is 5.91 Å². The summed E-state index contributed by atoms with van der Waals surface area (Å²) < 4.78 is 0. The number of likely N-dealkylation sites (N-methyl/N-ethyl adjacent to an activating group) is 1. The highest BCUT2D eigenvalue weighted by Gasteiger charge is 2.23. The molecular formula is C8H17N3O. The normalized spacial score (nSPS) is 20.7. The van der Waals surface area contributed by atoms with Crippen molar-refractivity contribution in [2.75, 3.05) is 40.3 Å². The summed E-state index contributed by atoms with van der Waals surface area (Å²) in [7, 11) is 3.93. The van der Waals surface area contributed by atoms with Crippen LogP contribution in [0.2, 0.25) is 0 Å². The van der Waals surface area contributed by atoms with Crippen LogP contribution in [0.25, 0.3) is 0 Å². The van der Waals surface area contributed by atoms with Gasteiger partial charge in [-0.3, -0.25) is 4.79 Å². The lowest BCUT2D eigenvalue weighted by molar-refractivity contribution is -0.142. The van der Waals surface area contributed by atoms with Crippen LogP contribution in [0.15, 0.2) is 0 Å². The summed E-state index contributed by atoms with van der Waals surface area (Å²) in [6.07, 6.45) is 0. The SMILES string of the molecule is CCN1CCN(N(C)C)CC1=O. The Balaban J connectivity index is 2.46. The first-order chi connectivity index (χ1) is 5.65. The van der Waals surface area contributed by atoms with Crippen LogP contribution >= 0.6 is 0 Å². The van der Waals surface area contributed by atoms with E-state index >= 15 is 0 Å². The van der Waals surface area contributed by atoms with Gasteiger partial charge < -0.3 is 4.90 Å². The Kier molecular flexibility index (Phi) is 3.05. The highest BCUT2D eigenvalue weighted by molar-refractivity contribution is 5.78. The number of hydrazine groups is 1. The van der Waals surface area contributed by atoms with Crippen LogP contribution in [0.1, 0.15) is 6.92 Å². The highest BCUT2D eigenvalue weighted by Crippen LogP contribution is 2.03. The fourth-order valence-electron chi connectivity index (χ4n) is 1.37. The smallest absolute Gasteiger partial charge is 0.238 e. The van der Waals surface area contributed by atoms with E-state index in [1.807, 2.05) is 30.9 Å². The van der Waals surface area contributed by atoms with Gasteiger partial charge in [-0.25, -0.2) is 10.0 Å². The maximum Gasteiger partial charge on any atom is 0.238 e. The van der Waals surface area contributed by atoms with Gasteiger partial charge in [-0.15, -0.1) is 0 Å². The van der Waals surface area contributed by atoms with Crippen molar-refractivity contribution in [3.63, 3.8) is 0 Å². The molecule has 0 saturated carbocycles. The first-order valence-electron chi connectivity index (χ1n) is 4.35. The molecule has 0 unspecified atom stereocenters. The van der Waals surface area contributed by atoms with Gasteiger partial charge in [0.1, 0.15) is 0 Å². The van der Waals surface area contributed by atoms with Crippen molar-refractivity contribution >= 4 is 5.91 Å².